The van der Waals surface area contributed by atoms with Gasteiger partial charge in [-0.15, -0.1) is 0 Å². The van der Waals surface area contributed by atoms with Gasteiger partial charge in [0.25, 0.3) is 0 Å². The lowest BCUT2D eigenvalue weighted by molar-refractivity contribution is 0.830. The minimum Gasteiger partial charge on any atom is -0.385 e. The van der Waals surface area contributed by atoms with E-state index in [9.17, 15) is 0 Å². The predicted molar refractivity (Wildman–Crippen MR) is 82.9 cm³/mol. The molecule has 0 amide bonds. The van der Waals surface area contributed by atoms with Crippen molar-refractivity contribution in [2.24, 2.45) is 0 Å². The molecular formula is C15H19N5. The Labute approximate surface area is 119 Å². The monoisotopic (exact) mass is 269 g/mol. The average Bonchev–Trinajstić information content (AvgIpc) is 2.47. The highest BCUT2D eigenvalue weighted by Crippen LogP contribution is 2.26. The van der Waals surface area contributed by atoms with Crippen LogP contribution in [0, 0.1) is 0 Å². The van der Waals surface area contributed by atoms with Crippen LogP contribution in [0.15, 0.2) is 30.5 Å². The second kappa shape index (κ2) is 5.36. The number of nitrogens with one attached hydrogen (secondary N) is 2. The standard InChI is InChI=1S/C15H19N5/c1-20(2)15-17-9-7-14(19-15)18-12-5-6-13-11(10-12)4-3-8-16-13/h5-7,9-10,16H,3-4,8H2,1-2H3,(H,17,18,19). The van der Waals surface area contributed by atoms with E-state index in [4.69, 9.17) is 0 Å². The van der Waals surface area contributed by atoms with Gasteiger partial charge in [-0.3, -0.25) is 0 Å². The van der Waals surface area contributed by atoms with E-state index in [0.29, 0.717) is 5.95 Å². The Kier molecular flexibility index (Phi) is 3.41. The highest BCUT2D eigenvalue weighted by atomic mass is 15.2. The molecule has 0 bridgehead atoms. The van der Waals surface area contributed by atoms with Gasteiger partial charge >= 0.3 is 0 Å². The quantitative estimate of drug-likeness (QED) is 0.897. The summed E-state index contributed by atoms with van der Waals surface area (Å²) in [5.41, 5.74) is 3.68. The molecule has 5 heteroatoms. The number of fused-ring (bicyclic) bond motifs is 1. The van der Waals surface area contributed by atoms with Crippen molar-refractivity contribution in [3.8, 4) is 0 Å². The Morgan fingerprint density at radius 2 is 2.15 bits per heavy atom. The summed E-state index contributed by atoms with van der Waals surface area (Å²) < 4.78 is 0. The van der Waals surface area contributed by atoms with Gasteiger partial charge in [-0.1, -0.05) is 0 Å². The molecule has 0 fully saturated rings. The molecule has 2 heterocycles. The number of nitrogens with zero attached hydrogens (tertiary/aromatic N) is 3. The molecule has 1 aromatic carbocycles. The lowest BCUT2D eigenvalue weighted by Crippen LogP contribution is -2.13. The van der Waals surface area contributed by atoms with Gasteiger partial charge in [0.2, 0.25) is 5.95 Å². The fourth-order valence-corrected chi connectivity index (χ4v) is 2.33. The van der Waals surface area contributed by atoms with Crippen LogP contribution in [0.3, 0.4) is 0 Å². The summed E-state index contributed by atoms with van der Waals surface area (Å²) in [4.78, 5) is 10.6. The van der Waals surface area contributed by atoms with Crippen LogP contribution in [-0.4, -0.2) is 30.6 Å². The molecule has 1 aromatic heterocycles. The second-order valence-electron chi connectivity index (χ2n) is 5.16. The minimum absolute atomic E-state index is 0.703. The van der Waals surface area contributed by atoms with Crippen LogP contribution in [0.5, 0.6) is 0 Å². The van der Waals surface area contributed by atoms with E-state index in [0.717, 1.165) is 24.5 Å². The van der Waals surface area contributed by atoms with Crippen LogP contribution < -0.4 is 15.5 Å². The Balaban J connectivity index is 1.82. The number of hydrogen-bond donors (Lipinski definition) is 2. The molecule has 2 aromatic rings. The Bertz CT molecular complexity index is 609. The third-order valence-corrected chi connectivity index (χ3v) is 3.36. The molecule has 5 nitrogen and oxygen atoms in total. The van der Waals surface area contributed by atoms with E-state index >= 15 is 0 Å². The summed E-state index contributed by atoms with van der Waals surface area (Å²) in [6.07, 6.45) is 4.09. The highest BCUT2D eigenvalue weighted by molar-refractivity contribution is 5.65. The van der Waals surface area contributed by atoms with Gasteiger partial charge in [0.1, 0.15) is 5.82 Å². The van der Waals surface area contributed by atoms with Gasteiger partial charge in [0.15, 0.2) is 0 Å². The molecule has 1 aliphatic rings. The van der Waals surface area contributed by atoms with Crippen LogP contribution in [0.2, 0.25) is 0 Å². The summed E-state index contributed by atoms with van der Waals surface area (Å²) in [7, 11) is 3.87. The summed E-state index contributed by atoms with van der Waals surface area (Å²) in [5, 5.41) is 6.76. The van der Waals surface area contributed by atoms with Gasteiger partial charge in [-0.05, 0) is 42.7 Å². The van der Waals surface area contributed by atoms with Crippen molar-refractivity contribution in [2.75, 3.05) is 36.2 Å². The zero-order valence-electron chi connectivity index (χ0n) is 11.8. The summed E-state index contributed by atoms with van der Waals surface area (Å²) >= 11 is 0. The van der Waals surface area contributed by atoms with Crippen LogP contribution in [-0.2, 0) is 6.42 Å². The Hall–Kier alpha value is -2.30. The van der Waals surface area contributed by atoms with E-state index in [1.165, 1.54) is 17.7 Å². The molecule has 3 rings (SSSR count). The Morgan fingerprint density at radius 1 is 1.25 bits per heavy atom. The average molecular weight is 269 g/mol. The maximum atomic E-state index is 4.47. The van der Waals surface area contributed by atoms with Crippen LogP contribution in [0.1, 0.15) is 12.0 Å². The molecule has 2 N–H and O–H groups in total. The first kappa shape index (κ1) is 12.7. The number of aryl methyl sites for hydroxylation is 1. The van der Waals surface area contributed by atoms with E-state index in [-0.39, 0.29) is 0 Å². The fourth-order valence-electron chi connectivity index (χ4n) is 2.33. The molecule has 0 unspecified atom stereocenters. The number of hydrogen-bond acceptors (Lipinski definition) is 5. The molecule has 0 radical (unpaired) electrons. The number of anilines is 4. The number of rotatable bonds is 3. The van der Waals surface area contributed by atoms with Crippen LogP contribution in [0.25, 0.3) is 0 Å². The van der Waals surface area contributed by atoms with Gasteiger partial charge in [0.05, 0.1) is 0 Å². The first-order valence-electron chi connectivity index (χ1n) is 6.86. The van der Waals surface area contributed by atoms with E-state index in [1.54, 1.807) is 6.20 Å². The zero-order chi connectivity index (χ0) is 13.9. The molecule has 1 aliphatic heterocycles. The van der Waals surface area contributed by atoms with Crippen molar-refractivity contribution < 1.29 is 0 Å². The van der Waals surface area contributed by atoms with Gasteiger partial charge in [-0.2, -0.15) is 4.98 Å². The number of benzene rings is 1. The van der Waals surface area contributed by atoms with Crippen molar-refractivity contribution in [3.05, 3.63) is 36.0 Å². The van der Waals surface area contributed by atoms with Crippen LogP contribution >= 0.6 is 0 Å². The molecule has 0 spiro atoms. The first-order valence-corrected chi connectivity index (χ1v) is 6.86. The van der Waals surface area contributed by atoms with E-state index < -0.39 is 0 Å². The fraction of sp³-hybridized carbons (Fsp3) is 0.333. The normalized spacial score (nSPS) is 13.3. The predicted octanol–water partition coefficient (Wildman–Crippen LogP) is 2.64. The smallest absolute Gasteiger partial charge is 0.226 e. The third kappa shape index (κ3) is 2.66. The van der Waals surface area contributed by atoms with Gasteiger partial charge in [0, 0.05) is 38.2 Å². The van der Waals surface area contributed by atoms with Crippen molar-refractivity contribution in [2.45, 2.75) is 12.8 Å². The zero-order valence-corrected chi connectivity index (χ0v) is 11.8. The maximum Gasteiger partial charge on any atom is 0.226 e. The largest absolute Gasteiger partial charge is 0.385 e. The van der Waals surface area contributed by atoms with Crippen molar-refractivity contribution >= 4 is 23.1 Å². The molecule has 0 saturated heterocycles. The molecular weight excluding hydrogens is 250 g/mol. The maximum absolute atomic E-state index is 4.47. The van der Waals surface area contributed by atoms with E-state index in [2.05, 4.69) is 38.8 Å². The topological polar surface area (TPSA) is 53.1 Å². The van der Waals surface area contributed by atoms with Crippen molar-refractivity contribution in [3.63, 3.8) is 0 Å². The van der Waals surface area contributed by atoms with Crippen LogP contribution in [0.4, 0.5) is 23.1 Å². The first-order chi connectivity index (χ1) is 9.72. The second-order valence-corrected chi connectivity index (χ2v) is 5.16. The SMILES string of the molecule is CN(C)c1nccc(Nc2ccc3c(c2)CCCN3)n1. The molecule has 0 aliphatic carbocycles. The van der Waals surface area contributed by atoms with E-state index in [1.807, 2.05) is 25.1 Å². The molecule has 20 heavy (non-hydrogen) atoms. The Morgan fingerprint density at radius 3 is 3.00 bits per heavy atom. The van der Waals surface area contributed by atoms with Crippen molar-refractivity contribution in [1.29, 1.82) is 0 Å². The van der Waals surface area contributed by atoms with Gasteiger partial charge < -0.3 is 15.5 Å². The minimum atomic E-state index is 0.703. The van der Waals surface area contributed by atoms with Gasteiger partial charge in [-0.25, -0.2) is 4.98 Å². The van der Waals surface area contributed by atoms with Crippen molar-refractivity contribution in [1.82, 2.24) is 9.97 Å². The molecule has 0 atom stereocenters. The molecule has 0 saturated carbocycles. The lowest BCUT2D eigenvalue weighted by atomic mass is 10.0. The molecule has 104 valence electrons. The summed E-state index contributed by atoms with van der Waals surface area (Å²) in [5.74, 6) is 1.52. The third-order valence-electron chi connectivity index (χ3n) is 3.36. The lowest BCUT2D eigenvalue weighted by Gasteiger charge is -2.19. The summed E-state index contributed by atoms with van der Waals surface area (Å²) in [6, 6.07) is 8.28. The summed E-state index contributed by atoms with van der Waals surface area (Å²) in [6.45, 7) is 1.07. The number of aromatic nitrogens is 2. The highest BCUT2D eigenvalue weighted by Gasteiger charge is 2.09.